The van der Waals surface area contributed by atoms with E-state index in [1.165, 1.54) is 4.40 Å². The number of aromatic amines is 1. The van der Waals surface area contributed by atoms with Crippen molar-refractivity contribution in [3.8, 4) is 0 Å². The molecule has 7 heteroatoms. The first-order chi connectivity index (χ1) is 8.62. The highest BCUT2D eigenvalue weighted by Crippen LogP contribution is 2.05. The lowest BCUT2D eigenvalue weighted by Crippen LogP contribution is -2.38. The first-order valence-corrected chi connectivity index (χ1v) is 6.26. The molecule has 0 spiro atoms. The largest absolute Gasteiger partial charge is 0.423 e. The van der Waals surface area contributed by atoms with Crippen LogP contribution in [0.5, 0.6) is 0 Å². The molecular weight excluding hydrogens is 232 g/mol. The van der Waals surface area contributed by atoms with Crippen molar-refractivity contribution in [3.05, 3.63) is 16.3 Å². The van der Waals surface area contributed by atoms with Crippen molar-refractivity contribution in [2.75, 3.05) is 18.0 Å². The van der Waals surface area contributed by atoms with Crippen LogP contribution in [0.1, 0.15) is 26.6 Å². The number of hydrogen-bond donors (Lipinski definition) is 1. The number of aryl methyl sites for hydroxylation is 2. The van der Waals surface area contributed by atoms with E-state index in [-0.39, 0.29) is 5.69 Å². The van der Waals surface area contributed by atoms with Gasteiger partial charge < -0.3 is 4.90 Å². The summed E-state index contributed by atoms with van der Waals surface area (Å²) in [6, 6.07) is 0. The molecule has 1 N–H and O–H groups in total. The Bertz CT molecular complexity index is 610. The van der Waals surface area contributed by atoms with E-state index in [1.807, 2.05) is 32.6 Å². The van der Waals surface area contributed by atoms with Crippen LogP contribution in [0.25, 0.3) is 5.78 Å². The van der Waals surface area contributed by atoms with Gasteiger partial charge in [-0.3, -0.25) is 4.98 Å². The molecule has 0 saturated heterocycles. The van der Waals surface area contributed by atoms with Gasteiger partial charge in [0.05, 0.1) is 0 Å². The summed E-state index contributed by atoms with van der Waals surface area (Å²) in [5.41, 5.74) is -0.195. The van der Waals surface area contributed by atoms with Crippen LogP contribution in [0.15, 0.2) is 4.79 Å². The highest BCUT2D eigenvalue weighted by molar-refractivity contribution is 5.36. The predicted octanol–water partition coefficient (Wildman–Crippen LogP) is -0.120. The van der Waals surface area contributed by atoms with Crippen LogP contribution < -0.4 is 15.3 Å². The summed E-state index contributed by atoms with van der Waals surface area (Å²) in [4.78, 5) is 21.3. The second-order valence-electron chi connectivity index (χ2n) is 4.04. The van der Waals surface area contributed by atoms with Gasteiger partial charge in [-0.2, -0.15) is 4.98 Å². The van der Waals surface area contributed by atoms with Gasteiger partial charge in [-0.1, -0.05) is 0 Å². The van der Waals surface area contributed by atoms with E-state index in [1.54, 1.807) is 4.68 Å². The fourth-order valence-corrected chi connectivity index (χ4v) is 2.04. The maximum atomic E-state index is 12.1. The summed E-state index contributed by atoms with van der Waals surface area (Å²) in [6.45, 7) is 10.2. The minimum absolute atomic E-state index is 0.195. The van der Waals surface area contributed by atoms with Crippen molar-refractivity contribution >= 4 is 11.7 Å². The van der Waals surface area contributed by atoms with Crippen LogP contribution >= 0.6 is 0 Å². The van der Waals surface area contributed by atoms with E-state index >= 15 is 0 Å². The molecule has 0 atom stereocenters. The molecule has 0 aliphatic heterocycles. The van der Waals surface area contributed by atoms with E-state index in [0.29, 0.717) is 11.7 Å². The van der Waals surface area contributed by atoms with E-state index < -0.39 is 0 Å². The molecule has 0 aliphatic rings. The van der Waals surface area contributed by atoms with Gasteiger partial charge >= 0.3 is 11.5 Å². The lowest BCUT2D eigenvalue weighted by Gasteiger charge is -2.17. The lowest BCUT2D eigenvalue weighted by molar-refractivity contribution is -0.752. The highest BCUT2D eigenvalue weighted by atomic mass is 16.1. The average molecular weight is 251 g/mol. The van der Waals surface area contributed by atoms with E-state index in [9.17, 15) is 4.79 Å². The summed E-state index contributed by atoms with van der Waals surface area (Å²) < 4.78 is 3.26. The second kappa shape index (κ2) is 4.75. The molecule has 0 aromatic carbocycles. The highest BCUT2D eigenvalue weighted by Gasteiger charge is 2.21. The van der Waals surface area contributed by atoms with Gasteiger partial charge in [0, 0.05) is 20.0 Å². The Balaban J connectivity index is 2.66. The topological polar surface area (TPSA) is 70.2 Å². The van der Waals surface area contributed by atoms with E-state index in [0.717, 1.165) is 25.5 Å². The molecule has 2 aromatic heterocycles. The summed E-state index contributed by atoms with van der Waals surface area (Å²) in [6.07, 6.45) is 0. The quantitative estimate of drug-likeness (QED) is 0.769. The Morgan fingerprint density at radius 3 is 2.56 bits per heavy atom. The van der Waals surface area contributed by atoms with Gasteiger partial charge in [0.2, 0.25) is 5.95 Å². The third-order valence-corrected chi connectivity index (χ3v) is 3.10. The molecule has 0 bridgehead atoms. The molecule has 98 valence electrons. The molecule has 0 aliphatic carbocycles. The SMILES string of the molecule is CCN(CC)c1nc2n[n+](CC)c(C)n2c(=O)[nH]1. The number of fused-ring (bicyclic) bond motifs is 1. The number of nitrogens with zero attached hydrogens (tertiary/aromatic N) is 5. The third kappa shape index (κ3) is 1.85. The van der Waals surface area contributed by atoms with Gasteiger partial charge in [0.25, 0.3) is 5.82 Å². The van der Waals surface area contributed by atoms with E-state index in [4.69, 9.17) is 0 Å². The Morgan fingerprint density at radius 2 is 2.00 bits per heavy atom. The number of rotatable bonds is 4. The number of anilines is 1. The summed E-state index contributed by atoms with van der Waals surface area (Å²) in [7, 11) is 0. The van der Waals surface area contributed by atoms with Gasteiger partial charge in [-0.25, -0.2) is 4.79 Å². The number of aromatic nitrogens is 5. The summed E-state index contributed by atoms with van der Waals surface area (Å²) >= 11 is 0. The first-order valence-electron chi connectivity index (χ1n) is 6.26. The Hall–Kier alpha value is -1.92. The van der Waals surface area contributed by atoms with Crippen LogP contribution in [0, 0.1) is 6.92 Å². The van der Waals surface area contributed by atoms with Crippen LogP contribution in [0.4, 0.5) is 5.95 Å². The fraction of sp³-hybridized carbons (Fsp3) is 0.636. The minimum atomic E-state index is -0.195. The molecule has 0 amide bonds. The third-order valence-electron chi connectivity index (χ3n) is 3.10. The molecule has 2 rings (SSSR count). The molecule has 7 nitrogen and oxygen atoms in total. The minimum Gasteiger partial charge on any atom is -0.343 e. The predicted molar refractivity (Wildman–Crippen MR) is 67.8 cm³/mol. The van der Waals surface area contributed by atoms with Crippen molar-refractivity contribution in [2.24, 2.45) is 0 Å². The van der Waals surface area contributed by atoms with Gasteiger partial charge in [-0.05, 0) is 25.9 Å². The maximum absolute atomic E-state index is 12.1. The zero-order valence-electron chi connectivity index (χ0n) is 11.3. The maximum Gasteiger partial charge on any atom is 0.423 e. The smallest absolute Gasteiger partial charge is 0.343 e. The Kier molecular flexibility index (Phi) is 3.31. The number of H-pyrrole nitrogens is 1. The van der Waals surface area contributed by atoms with Crippen LogP contribution in [0.3, 0.4) is 0 Å². The average Bonchev–Trinajstić information content (AvgIpc) is 2.68. The Labute approximate surface area is 105 Å². The van der Waals surface area contributed by atoms with Gasteiger partial charge in [-0.15, -0.1) is 9.08 Å². The fourth-order valence-electron chi connectivity index (χ4n) is 2.04. The molecule has 0 radical (unpaired) electrons. The standard InChI is InChI=1S/C11H18N6O/c1-5-15(6-2)9-12-10-14-16(7-3)8(4)17(10)11(18)13-9/h5-7H2,1-4H3/p+1. The molecular formula is C11H19N6O+. The lowest BCUT2D eigenvalue weighted by atomic mass is 10.5. The van der Waals surface area contributed by atoms with Crippen molar-refractivity contribution in [3.63, 3.8) is 0 Å². The second-order valence-corrected chi connectivity index (χ2v) is 4.04. The van der Waals surface area contributed by atoms with Crippen molar-refractivity contribution in [2.45, 2.75) is 34.2 Å². The monoisotopic (exact) mass is 251 g/mol. The number of nitrogens with one attached hydrogen (secondary N) is 1. The normalized spacial score (nSPS) is 11.1. The Morgan fingerprint density at radius 1 is 1.33 bits per heavy atom. The van der Waals surface area contributed by atoms with E-state index in [2.05, 4.69) is 15.1 Å². The molecule has 0 fully saturated rings. The molecule has 0 saturated carbocycles. The van der Waals surface area contributed by atoms with Crippen LogP contribution in [0.2, 0.25) is 0 Å². The molecule has 2 aromatic rings. The zero-order chi connectivity index (χ0) is 13.3. The van der Waals surface area contributed by atoms with Crippen molar-refractivity contribution < 1.29 is 4.68 Å². The van der Waals surface area contributed by atoms with Crippen molar-refractivity contribution in [1.29, 1.82) is 0 Å². The molecule has 2 heterocycles. The van der Waals surface area contributed by atoms with Gasteiger partial charge in [0.15, 0.2) is 0 Å². The van der Waals surface area contributed by atoms with Crippen molar-refractivity contribution in [1.82, 2.24) is 19.5 Å². The molecule has 0 unspecified atom stereocenters. The molecule has 18 heavy (non-hydrogen) atoms. The van der Waals surface area contributed by atoms with Gasteiger partial charge in [0.1, 0.15) is 6.54 Å². The number of hydrogen-bond acceptors (Lipinski definition) is 4. The summed E-state index contributed by atoms with van der Waals surface area (Å²) in [5, 5.41) is 4.33. The van der Waals surface area contributed by atoms with Crippen LogP contribution in [-0.4, -0.2) is 32.6 Å². The zero-order valence-corrected chi connectivity index (χ0v) is 11.3. The first kappa shape index (κ1) is 12.5. The van der Waals surface area contributed by atoms with Crippen LogP contribution in [-0.2, 0) is 6.54 Å². The summed E-state index contributed by atoms with van der Waals surface area (Å²) in [5.74, 6) is 1.80.